The predicted octanol–water partition coefficient (Wildman–Crippen LogP) is 0.0472. The van der Waals surface area contributed by atoms with E-state index >= 15 is 0 Å². The Balaban J connectivity index is 4.36. The number of carbonyl (C=O) groups is 1. The molecule has 0 aliphatic rings. The van der Waals surface area contributed by atoms with E-state index in [1.54, 1.807) is 30.3 Å². The molecule has 0 aromatic carbocycles. The molecular weight excluding hydrogens is 196 g/mol. The first kappa shape index (κ1) is 13.2. The summed E-state index contributed by atoms with van der Waals surface area (Å²) in [4.78, 5) is 12.7. The monoisotopic (exact) mass is 210 g/mol. The molecule has 15 heavy (non-hydrogen) atoms. The summed E-state index contributed by atoms with van der Waals surface area (Å²) in [5.41, 5.74) is -0.0638. The minimum absolute atomic E-state index is 0.0483. The molecule has 0 bridgehead atoms. The number of nitrogens with zero attached hydrogens (tertiary/aromatic N) is 2. The van der Waals surface area contributed by atoms with Gasteiger partial charge >= 0.3 is 5.97 Å². The summed E-state index contributed by atoms with van der Waals surface area (Å²) in [5, 5.41) is 17.2. The Bertz CT molecular complexity index is 302. The molecule has 0 rings (SSSR count). The molecular formula is C10H14N2O3. The van der Waals surface area contributed by atoms with E-state index in [9.17, 15) is 4.79 Å². The van der Waals surface area contributed by atoms with E-state index in [4.69, 9.17) is 10.4 Å². The van der Waals surface area contributed by atoms with Gasteiger partial charge in [-0.3, -0.25) is 0 Å². The van der Waals surface area contributed by atoms with E-state index < -0.39 is 5.97 Å². The first-order valence-electron chi connectivity index (χ1n) is 4.33. The van der Waals surface area contributed by atoms with Crippen LogP contribution < -0.4 is 0 Å². The average Bonchev–Trinajstić information content (AvgIpc) is 2.24. The van der Waals surface area contributed by atoms with E-state index in [1.807, 2.05) is 0 Å². The topological polar surface area (TPSA) is 73.6 Å². The number of hydrogen-bond donors (Lipinski definition) is 1. The molecule has 0 aromatic heterocycles. The molecule has 0 saturated heterocycles. The van der Waals surface area contributed by atoms with Crippen molar-refractivity contribution in [2.75, 3.05) is 27.3 Å². The van der Waals surface area contributed by atoms with Gasteiger partial charge in [-0.25, -0.2) is 4.79 Å². The van der Waals surface area contributed by atoms with Gasteiger partial charge in [0.1, 0.15) is 11.6 Å². The lowest BCUT2D eigenvalue weighted by molar-refractivity contribution is -0.135. The van der Waals surface area contributed by atoms with Gasteiger partial charge in [0.25, 0.3) is 0 Å². The lowest BCUT2D eigenvalue weighted by Crippen LogP contribution is -2.14. The lowest BCUT2D eigenvalue weighted by atomic mass is 10.3. The van der Waals surface area contributed by atoms with Gasteiger partial charge in [-0.1, -0.05) is 0 Å². The summed E-state index contributed by atoms with van der Waals surface area (Å²) in [6.45, 7) is 0.539. The summed E-state index contributed by atoms with van der Waals surface area (Å²) in [6.07, 6.45) is 4.56. The number of rotatable bonds is 5. The van der Waals surface area contributed by atoms with E-state index in [0.29, 0.717) is 6.54 Å². The van der Waals surface area contributed by atoms with Gasteiger partial charge in [-0.2, -0.15) is 5.26 Å². The third-order valence-corrected chi connectivity index (χ3v) is 1.58. The number of nitriles is 1. The van der Waals surface area contributed by atoms with Crippen LogP contribution in [0.3, 0.4) is 0 Å². The Kier molecular flexibility index (Phi) is 6.68. The van der Waals surface area contributed by atoms with Crippen LogP contribution in [0.4, 0.5) is 0 Å². The highest BCUT2D eigenvalue weighted by Gasteiger charge is 2.05. The van der Waals surface area contributed by atoms with E-state index in [1.165, 1.54) is 13.2 Å². The van der Waals surface area contributed by atoms with E-state index in [-0.39, 0.29) is 12.2 Å². The van der Waals surface area contributed by atoms with Gasteiger partial charge < -0.3 is 14.7 Å². The van der Waals surface area contributed by atoms with Gasteiger partial charge in [0.2, 0.25) is 0 Å². The van der Waals surface area contributed by atoms with Crippen molar-refractivity contribution in [3.05, 3.63) is 23.9 Å². The van der Waals surface area contributed by atoms with Crippen LogP contribution in [-0.2, 0) is 9.53 Å². The second-order valence-electron chi connectivity index (χ2n) is 2.73. The van der Waals surface area contributed by atoms with Crippen molar-refractivity contribution in [2.45, 2.75) is 0 Å². The number of methoxy groups -OCH3 is 1. The number of ether oxygens (including phenoxy) is 1. The average molecular weight is 210 g/mol. The number of likely N-dealkylation sites (N-methyl/N-ethyl adjacent to an activating group) is 1. The van der Waals surface area contributed by atoms with Gasteiger partial charge in [0.05, 0.1) is 13.7 Å². The van der Waals surface area contributed by atoms with Gasteiger partial charge in [-0.15, -0.1) is 0 Å². The van der Waals surface area contributed by atoms with Crippen molar-refractivity contribution in [2.24, 2.45) is 0 Å². The van der Waals surface area contributed by atoms with Crippen molar-refractivity contribution in [3.8, 4) is 6.07 Å². The Morgan fingerprint density at radius 2 is 2.33 bits per heavy atom. The molecule has 0 fully saturated rings. The molecule has 0 aliphatic carbocycles. The maximum absolute atomic E-state index is 10.9. The van der Waals surface area contributed by atoms with Crippen LogP contribution in [-0.4, -0.2) is 43.3 Å². The maximum atomic E-state index is 10.9. The standard InChI is InChI=1S/C10H14N2O3/c1-12(6-7-13)5-3-4-9(8-11)10(14)15-2/h3-5,13H,6-7H2,1-2H3/b5-3+,9-4-. The number of allylic oxidation sites excluding steroid dienone is 2. The van der Waals surface area contributed by atoms with Crippen molar-refractivity contribution >= 4 is 5.97 Å². The summed E-state index contributed by atoms with van der Waals surface area (Å²) in [6, 6.07) is 1.73. The third-order valence-electron chi connectivity index (χ3n) is 1.58. The number of hydrogen-bond acceptors (Lipinski definition) is 5. The van der Waals surface area contributed by atoms with Gasteiger partial charge in [0, 0.05) is 13.6 Å². The molecule has 0 spiro atoms. The number of carbonyl (C=O) groups excluding carboxylic acids is 1. The molecule has 0 amide bonds. The molecule has 5 nitrogen and oxygen atoms in total. The largest absolute Gasteiger partial charge is 0.465 e. The smallest absolute Gasteiger partial charge is 0.348 e. The molecule has 0 unspecified atom stereocenters. The molecule has 0 aromatic rings. The second-order valence-corrected chi connectivity index (χ2v) is 2.73. The molecule has 82 valence electrons. The van der Waals surface area contributed by atoms with Crippen LogP contribution in [0.5, 0.6) is 0 Å². The first-order chi connectivity index (χ1) is 7.15. The molecule has 5 heteroatoms. The predicted molar refractivity (Wildman–Crippen MR) is 54.6 cm³/mol. The Hall–Kier alpha value is -1.80. The van der Waals surface area contributed by atoms with Crippen molar-refractivity contribution in [1.82, 2.24) is 4.90 Å². The molecule has 0 radical (unpaired) electrons. The Morgan fingerprint density at radius 3 is 2.80 bits per heavy atom. The van der Waals surface area contributed by atoms with Crippen molar-refractivity contribution in [1.29, 1.82) is 5.26 Å². The summed E-state index contributed by atoms with van der Waals surface area (Å²) in [5.74, 6) is -0.660. The molecule has 0 heterocycles. The Labute approximate surface area is 88.9 Å². The normalized spacial score (nSPS) is 11.2. The zero-order chi connectivity index (χ0) is 11.7. The summed E-state index contributed by atoms with van der Waals surface area (Å²) < 4.78 is 4.39. The van der Waals surface area contributed by atoms with E-state index in [0.717, 1.165) is 0 Å². The van der Waals surface area contributed by atoms with Crippen LogP contribution in [0.25, 0.3) is 0 Å². The highest BCUT2D eigenvalue weighted by Crippen LogP contribution is 1.96. The van der Waals surface area contributed by atoms with Gasteiger partial charge in [-0.05, 0) is 18.4 Å². The third kappa shape index (κ3) is 5.49. The van der Waals surface area contributed by atoms with Gasteiger partial charge in [0.15, 0.2) is 0 Å². The maximum Gasteiger partial charge on any atom is 0.348 e. The molecule has 1 N–H and O–H groups in total. The molecule has 0 atom stereocenters. The number of aliphatic hydroxyl groups excluding tert-OH is 1. The highest BCUT2D eigenvalue weighted by molar-refractivity contribution is 5.92. The quantitative estimate of drug-likeness (QED) is 0.300. The lowest BCUT2D eigenvalue weighted by Gasteiger charge is -2.09. The zero-order valence-corrected chi connectivity index (χ0v) is 8.80. The Morgan fingerprint density at radius 1 is 1.67 bits per heavy atom. The minimum Gasteiger partial charge on any atom is -0.465 e. The summed E-state index contributed by atoms with van der Waals surface area (Å²) in [7, 11) is 2.99. The summed E-state index contributed by atoms with van der Waals surface area (Å²) >= 11 is 0. The fraction of sp³-hybridized carbons (Fsp3) is 0.400. The fourth-order valence-electron chi connectivity index (χ4n) is 0.779. The zero-order valence-electron chi connectivity index (χ0n) is 8.80. The highest BCUT2D eigenvalue weighted by atomic mass is 16.5. The van der Waals surface area contributed by atoms with Crippen molar-refractivity contribution < 1.29 is 14.6 Å². The van der Waals surface area contributed by atoms with Crippen LogP contribution in [0.2, 0.25) is 0 Å². The SMILES string of the molecule is COC(=O)/C(C#N)=C\C=C\N(C)CCO. The van der Waals surface area contributed by atoms with E-state index in [2.05, 4.69) is 4.74 Å². The number of aliphatic hydroxyl groups is 1. The second kappa shape index (κ2) is 7.59. The van der Waals surface area contributed by atoms with Crippen molar-refractivity contribution in [3.63, 3.8) is 0 Å². The van der Waals surface area contributed by atoms with Crippen LogP contribution in [0, 0.1) is 11.3 Å². The van der Waals surface area contributed by atoms with Crippen LogP contribution >= 0.6 is 0 Å². The molecule has 0 aliphatic heterocycles. The molecule has 0 saturated carbocycles. The number of esters is 1. The fourth-order valence-corrected chi connectivity index (χ4v) is 0.779. The van der Waals surface area contributed by atoms with Crippen LogP contribution in [0.15, 0.2) is 23.9 Å². The van der Waals surface area contributed by atoms with Crippen LogP contribution in [0.1, 0.15) is 0 Å². The minimum atomic E-state index is -0.660. The first-order valence-corrected chi connectivity index (χ1v) is 4.33.